The molecule has 1 fully saturated rings. The first-order valence-electron chi connectivity index (χ1n) is 6.65. The fourth-order valence-electron chi connectivity index (χ4n) is 2.43. The molecule has 1 aromatic rings. The number of carbonyl (C=O) groups excluding carboxylic acids is 1. The minimum Gasteiger partial charge on any atom is -0.396 e. The van der Waals surface area contributed by atoms with Crippen molar-refractivity contribution in [2.45, 2.75) is 25.8 Å². The van der Waals surface area contributed by atoms with Crippen LogP contribution in [0, 0.1) is 16.0 Å². The molecule has 20 heavy (non-hydrogen) atoms. The van der Waals surface area contributed by atoms with E-state index in [1.165, 1.54) is 12.5 Å². The molecule has 0 aromatic carbocycles. The number of hydrogen-bond donors (Lipinski definition) is 1. The normalized spacial score (nSPS) is 18.4. The van der Waals surface area contributed by atoms with Crippen LogP contribution in [0.4, 0.5) is 5.82 Å². The van der Waals surface area contributed by atoms with E-state index in [9.17, 15) is 14.9 Å². The first-order chi connectivity index (χ1) is 9.60. The fraction of sp³-hybridized carbons (Fsp3) is 0.667. The first-order valence-corrected chi connectivity index (χ1v) is 6.65. The van der Waals surface area contributed by atoms with Gasteiger partial charge in [-0.05, 0) is 28.7 Å². The minimum atomic E-state index is -0.557. The molecule has 1 atom stereocenters. The predicted molar refractivity (Wildman–Crippen MR) is 69.9 cm³/mol. The molecule has 1 unspecified atom stereocenters. The number of carbonyl (C=O) groups is 1. The molecular weight excluding hydrogens is 264 g/mol. The Morgan fingerprint density at radius 1 is 1.60 bits per heavy atom. The molecular formula is C12H18N4O4. The molecule has 1 aromatic heterocycles. The predicted octanol–water partition coefficient (Wildman–Crippen LogP) is 0.412. The third kappa shape index (κ3) is 3.53. The molecule has 1 saturated heterocycles. The molecule has 1 N–H and O–H groups in total. The lowest BCUT2D eigenvalue weighted by Gasteiger charge is -2.16. The van der Waals surface area contributed by atoms with Crippen LogP contribution in [0.15, 0.2) is 12.5 Å². The molecule has 0 saturated carbocycles. The van der Waals surface area contributed by atoms with Gasteiger partial charge in [-0.2, -0.15) is 0 Å². The maximum Gasteiger partial charge on any atom is 0.381 e. The van der Waals surface area contributed by atoms with E-state index in [0.29, 0.717) is 25.4 Å². The second kappa shape index (κ2) is 6.47. The van der Waals surface area contributed by atoms with Gasteiger partial charge in [-0.15, -0.1) is 0 Å². The van der Waals surface area contributed by atoms with Crippen LogP contribution in [0.5, 0.6) is 0 Å². The summed E-state index contributed by atoms with van der Waals surface area (Å²) >= 11 is 0. The summed E-state index contributed by atoms with van der Waals surface area (Å²) in [6, 6.07) is 0. The fourth-order valence-corrected chi connectivity index (χ4v) is 2.43. The third-order valence-corrected chi connectivity index (χ3v) is 3.57. The van der Waals surface area contributed by atoms with Crippen LogP contribution in [-0.2, 0) is 11.3 Å². The van der Waals surface area contributed by atoms with Gasteiger partial charge in [0, 0.05) is 32.7 Å². The van der Waals surface area contributed by atoms with Gasteiger partial charge in [-0.25, -0.2) is 0 Å². The molecule has 1 aliphatic rings. The van der Waals surface area contributed by atoms with Crippen molar-refractivity contribution in [2.24, 2.45) is 5.92 Å². The number of hydrogen-bond acceptors (Lipinski definition) is 5. The summed E-state index contributed by atoms with van der Waals surface area (Å²) in [6.07, 6.45) is 4.66. The van der Waals surface area contributed by atoms with E-state index in [0.717, 1.165) is 19.4 Å². The Hall–Kier alpha value is -1.96. The number of aryl methyl sites for hydroxylation is 1. The van der Waals surface area contributed by atoms with Crippen molar-refractivity contribution in [1.29, 1.82) is 0 Å². The first kappa shape index (κ1) is 14.4. The van der Waals surface area contributed by atoms with Gasteiger partial charge < -0.3 is 24.7 Å². The second-order valence-electron chi connectivity index (χ2n) is 4.98. The number of likely N-dealkylation sites (tertiary alicyclic amines) is 1. The largest absolute Gasteiger partial charge is 0.396 e. The van der Waals surface area contributed by atoms with E-state index in [1.54, 1.807) is 9.47 Å². The minimum absolute atomic E-state index is 0.0433. The molecule has 2 rings (SSSR count). The van der Waals surface area contributed by atoms with E-state index in [-0.39, 0.29) is 18.3 Å². The molecule has 8 heteroatoms. The summed E-state index contributed by atoms with van der Waals surface area (Å²) in [6.45, 7) is 1.98. The zero-order valence-electron chi connectivity index (χ0n) is 11.1. The highest BCUT2D eigenvalue weighted by molar-refractivity contribution is 5.76. The van der Waals surface area contributed by atoms with E-state index in [4.69, 9.17) is 5.11 Å². The van der Waals surface area contributed by atoms with Crippen molar-refractivity contribution in [3.05, 3.63) is 22.6 Å². The van der Waals surface area contributed by atoms with Crippen molar-refractivity contribution in [2.75, 3.05) is 19.7 Å². The number of amides is 1. The second-order valence-corrected chi connectivity index (χ2v) is 4.98. The molecule has 110 valence electrons. The molecule has 0 spiro atoms. The Morgan fingerprint density at radius 3 is 3.05 bits per heavy atom. The maximum absolute atomic E-state index is 12.0. The number of aromatic nitrogens is 2. The summed E-state index contributed by atoms with van der Waals surface area (Å²) in [5, 5.41) is 19.4. The zero-order valence-corrected chi connectivity index (χ0v) is 11.1. The van der Waals surface area contributed by atoms with Gasteiger partial charge in [0.15, 0.2) is 0 Å². The summed E-state index contributed by atoms with van der Waals surface area (Å²) in [7, 11) is 0. The standard InChI is InChI=1S/C12H18N4O4/c17-6-3-10-1-5-15(7-10)12(18)2-4-14-8-11(13-9-14)16(19)20/h8-10,17H,1-7H2. The Bertz CT molecular complexity index is 488. The van der Waals surface area contributed by atoms with E-state index < -0.39 is 4.92 Å². The number of rotatable bonds is 6. The molecule has 2 heterocycles. The van der Waals surface area contributed by atoms with Crippen LogP contribution >= 0.6 is 0 Å². The molecule has 1 amide bonds. The SMILES string of the molecule is O=C(CCn1cnc([N+](=O)[O-])c1)N1CCC(CCO)C1. The highest BCUT2D eigenvalue weighted by atomic mass is 16.6. The van der Waals surface area contributed by atoms with Gasteiger partial charge in [-0.3, -0.25) is 4.79 Å². The third-order valence-electron chi connectivity index (χ3n) is 3.57. The van der Waals surface area contributed by atoms with Gasteiger partial charge in [-0.1, -0.05) is 0 Å². The van der Waals surface area contributed by atoms with Crippen LogP contribution in [0.25, 0.3) is 0 Å². The molecule has 0 bridgehead atoms. The van der Waals surface area contributed by atoms with Crippen molar-refractivity contribution in [1.82, 2.24) is 14.5 Å². The molecule has 0 radical (unpaired) electrons. The summed E-state index contributed by atoms with van der Waals surface area (Å²) in [5.41, 5.74) is 0. The number of aliphatic hydroxyl groups is 1. The Labute approximate surface area is 116 Å². The summed E-state index contributed by atoms with van der Waals surface area (Å²) in [4.78, 5) is 27.4. The Morgan fingerprint density at radius 2 is 2.40 bits per heavy atom. The molecule has 1 aliphatic heterocycles. The van der Waals surface area contributed by atoms with E-state index in [1.807, 2.05) is 0 Å². The lowest BCUT2D eigenvalue weighted by molar-refractivity contribution is -0.389. The van der Waals surface area contributed by atoms with E-state index >= 15 is 0 Å². The van der Waals surface area contributed by atoms with Crippen LogP contribution < -0.4 is 0 Å². The van der Waals surface area contributed by atoms with Gasteiger partial charge in [0.05, 0.1) is 0 Å². The van der Waals surface area contributed by atoms with Gasteiger partial charge in [0.2, 0.25) is 12.2 Å². The highest BCUT2D eigenvalue weighted by Crippen LogP contribution is 2.20. The maximum atomic E-state index is 12.0. The average Bonchev–Trinajstić information content (AvgIpc) is 3.05. The van der Waals surface area contributed by atoms with Crippen molar-refractivity contribution in [3.8, 4) is 0 Å². The number of imidazole rings is 1. The van der Waals surface area contributed by atoms with Crippen molar-refractivity contribution >= 4 is 11.7 Å². The summed E-state index contributed by atoms with van der Waals surface area (Å²) < 4.78 is 1.55. The van der Waals surface area contributed by atoms with Crippen LogP contribution in [0.3, 0.4) is 0 Å². The van der Waals surface area contributed by atoms with Crippen LogP contribution in [0.2, 0.25) is 0 Å². The topological polar surface area (TPSA) is 102 Å². The van der Waals surface area contributed by atoms with Crippen LogP contribution in [-0.4, -0.2) is 50.1 Å². The Balaban J connectivity index is 1.79. The lowest BCUT2D eigenvalue weighted by Crippen LogP contribution is -2.29. The number of aliphatic hydroxyl groups excluding tert-OH is 1. The Kier molecular flexibility index (Phi) is 4.67. The lowest BCUT2D eigenvalue weighted by atomic mass is 10.1. The quantitative estimate of drug-likeness (QED) is 0.601. The van der Waals surface area contributed by atoms with Crippen molar-refractivity contribution in [3.63, 3.8) is 0 Å². The summed E-state index contributed by atoms with van der Waals surface area (Å²) in [5.74, 6) is 0.224. The highest BCUT2D eigenvalue weighted by Gasteiger charge is 2.25. The monoisotopic (exact) mass is 282 g/mol. The van der Waals surface area contributed by atoms with E-state index in [2.05, 4.69) is 4.98 Å². The smallest absolute Gasteiger partial charge is 0.381 e. The van der Waals surface area contributed by atoms with Gasteiger partial charge in [0.25, 0.3) is 0 Å². The zero-order chi connectivity index (χ0) is 14.5. The van der Waals surface area contributed by atoms with Gasteiger partial charge in [0.1, 0.15) is 6.20 Å². The molecule has 0 aliphatic carbocycles. The average molecular weight is 282 g/mol. The number of nitrogens with zero attached hydrogens (tertiary/aromatic N) is 4. The van der Waals surface area contributed by atoms with Crippen molar-refractivity contribution < 1.29 is 14.8 Å². The molecule has 8 nitrogen and oxygen atoms in total. The number of nitro groups is 1. The van der Waals surface area contributed by atoms with Crippen LogP contribution in [0.1, 0.15) is 19.3 Å². The van der Waals surface area contributed by atoms with Gasteiger partial charge >= 0.3 is 5.82 Å².